The second-order valence-corrected chi connectivity index (χ2v) is 6.72. The third kappa shape index (κ3) is 4.12. The molecule has 3 rings (SSSR count). The SMILES string of the molecule is COCCNC(=O)[C@H]1CN(Cc2cccc(C)n2)C[C@H]2OCC[C@@H]12. The van der Waals surface area contributed by atoms with Crippen molar-refractivity contribution in [2.24, 2.45) is 11.8 Å². The molecule has 3 atom stereocenters. The van der Waals surface area contributed by atoms with Crippen LogP contribution < -0.4 is 5.32 Å². The van der Waals surface area contributed by atoms with Crippen molar-refractivity contribution in [3.63, 3.8) is 0 Å². The molecule has 1 aromatic rings. The van der Waals surface area contributed by atoms with Gasteiger partial charge in [-0.3, -0.25) is 14.7 Å². The van der Waals surface area contributed by atoms with Crippen molar-refractivity contribution in [2.45, 2.75) is 26.0 Å². The lowest BCUT2D eigenvalue weighted by atomic mass is 9.82. The molecule has 0 aliphatic carbocycles. The molecule has 2 saturated heterocycles. The maximum atomic E-state index is 12.6. The average Bonchev–Trinajstić information content (AvgIpc) is 3.02. The lowest BCUT2D eigenvalue weighted by Gasteiger charge is -2.39. The molecule has 24 heavy (non-hydrogen) atoms. The smallest absolute Gasteiger partial charge is 0.224 e. The van der Waals surface area contributed by atoms with Gasteiger partial charge in [0.05, 0.1) is 24.3 Å². The molecule has 0 bridgehead atoms. The minimum absolute atomic E-state index is 0.0204. The van der Waals surface area contributed by atoms with Gasteiger partial charge in [-0.2, -0.15) is 0 Å². The Morgan fingerprint density at radius 2 is 2.33 bits per heavy atom. The minimum atomic E-state index is -0.0204. The Labute approximate surface area is 143 Å². The van der Waals surface area contributed by atoms with Crippen molar-refractivity contribution in [3.05, 3.63) is 29.6 Å². The van der Waals surface area contributed by atoms with Crippen LogP contribution in [0.25, 0.3) is 0 Å². The molecule has 3 heterocycles. The van der Waals surface area contributed by atoms with Gasteiger partial charge in [0, 0.05) is 51.5 Å². The van der Waals surface area contributed by atoms with E-state index in [-0.39, 0.29) is 17.9 Å². The fraction of sp³-hybridized carbons (Fsp3) is 0.667. The number of fused-ring (bicyclic) bond motifs is 1. The molecule has 2 aliphatic heterocycles. The number of carbonyl (C=O) groups is 1. The highest BCUT2D eigenvalue weighted by Gasteiger charge is 2.43. The summed E-state index contributed by atoms with van der Waals surface area (Å²) in [5.74, 6) is 0.427. The van der Waals surface area contributed by atoms with Gasteiger partial charge in [-0.25, -0.2) is 0 Å². The molecule has 6 nitrogen and oxygen atoms in total. The van der Waals surface area contributed by atoms with Crippen LogP contribution >= 0.6 is 0 Å². The van der Waals surface area contributed by atoms with E-state index in [1.807, 2.05) is 25.1 Å². The van der Waals surface area contributed by atoms with Gasteiger partial charge in [-0.05, 0) is 25.5 Å². The Balaban J connectivity index is 1.65. The Bertz CT molecular complexity index is 566. The highest BCUT2D eigenvalue weighted by Crippen LogP contribution is 2.34. The van der Waals surface area contributed by atoms with E-state index in [0.717, 1.165) is 44.0 Å². The number of nitrogens with one attached hydrogen (secondary N) is 1. The largest absolute Gasteiger partial charge is 0.383 e. The van der Waals surface area contributed by atoms with E-state index in [0.29, 0.717) is 19.1 Å². The van der Waals surface area contributed by atoms with Gasteiger partial charge in [-0.15, -0.1) is 0 Å². The number of amides is 1. The molecule has 0 aromatic carbocycles. The Hall–Kier alpha value is -1.50. The predicted molar refractivity (Wildman–Crippen MR) is 90.5 cm³/mol. The van der Waals surface area contributed by atoms with Crippen molar-refractivity contribution in [1.29, 1.82) is 0 Å². The third-order valence-electron chi connectivity index (χ3n) is 4.94. The van der Waals surface area contributed by atoms with Crippen LogP contribution in [0.1, 0.15) is 17.8 Å². The van der Waals surface area contributed by atoms with Crippen LogP contribution in [0.15, 0.2) is 18.2 Å². The molecule has 6 heteroatoms. The number of piperidine rings is 1. The summed E-state index contributed by atoms with van der Waals surface area (Å²) in [4.78, 5) is 19.5. The fourth-order valence-corrected chi connectivity index (χ4v) is 3.79. The summed E-state index contributed by atoms with van der Waals surface area (Å²) >= 11 is 0. The number of aryl methyl sites for hydroxylation is 1. The van der Waals surface area contributed by atoms with Crippen molar-refractivity contribution < 1.29 is 14.3 Å². The first-order chi connectivity index (χ1) is 11.7. The first-order valence-corrected chi connectivity index (χ1v) is 8.70. The summed E-state index contributed by atoms with van der Waals surface area (Å²) in [5.41, 5.74) is 2.07. The minimum Gasteiger partial charge on any atom is -0.383 e. The number of aromatic nitrogens is 1. The first kappa shape index (κ1) is 17.3. The van der Waals surface area contributed by atoms with Crippen LogP contribution in [-0.4, -0.2) is 61.9 Å². The van der Waals surface area contributed by atoms with E-state index in [4.69, 9.17) is 9.47 Å². The lowest BCUT2D eigenvalue weighted by Crippen LogP contribution is -2.52. The standard InChI is InChI=1S/C18H27N3O3/c1-13-4-3-5-14(20-13)10-21-11-16(18(22)19-7-9-23-2)15-6-8-24-17(15)12-21/h3-5,15-17H,6-12H2,1-2H3,(H,19,22)/t15-,16-,17+/m0/s1. The zero-order chi connectivity index (χ0) is 16.9. The Morgan fingerprint density at radius 3 is 3.12 bits per heavy atom. The molecule has 2 aliphatic rings. The second-order valence-electron chi connectivity index (χ2n) is 6.72. The summed E-state index contributed by atoms with van der Waals surface area (Å²) in [5, 5.41) is 3.00. The lowest BCUT2D eigenvalue weighted by molar-refractivity contribution is -0.131. The van der Waals surface area contributed by atoms with Gasteiger partial charge in [0.25, 0.3) is 0 Å². The summed E-state index contributed by atoms with van der Waals surface area (Å²) < 4.78 is 10.9. The molecule has 0 radical (unpaired) electrons. The van der Waals surface area contributed by atoms with Gasteiger partial charge in [-0.1, -0.05) is 6.07 Å². The zero-order valence-corrected chi connectivity index (χ0v) is 14.5. The zero-order valence-electron chi connectivity index (χ0n) is 14.5. The number of methoxy groups -OCH3 is 1. The molecule has 2 fully saturated rings. The van der Waals surface area contributed by atoms with Crippen LogP contribution in [0.2, 0.25) is 0 Å². The van der Waals surface area contributed by atoms with Crippen LogP contribution in [0.5, 0.6) is 0 Å². The van der Waals surface area contributed by atoms with E-state index in [1.54, 1.807) is 7.11 Å². The number of nitrogens with zero attached hydrogens (tertiary/aromatic N) is 2. The monoisotopic (exact) mass is 333 g/mol. The van der Waals surface area contributed by atoms with Crippen LogP contribution in [0.3, 0.4) is 0 Å². The number of likely N-dealkylation sites (tertiary alicyclic amines) is 1. The van der Waals surface area contributed by atoms with Gasteiger partial charge in [0.15, 0.2) is 0 Å². The Morgan fingerprint density at radius 1 is 1.46 bits per heavy atom. The van der Waals surface area contributed by atoms with E-state index in [9.17, 15) is 4.79 Å². The van der Waals surface area contributed by atoms with Crippen molar-refractivity contribution in [1.82, 2.24) is 15.2 Å². The number of carbonyl (C=O) groups excluding carboxylic acids is 1. The summed E-state index contributed by atoms with van der Waals surface area (Å²) in [6.07, 6.45) is 1.13. The quantitative estimate of drug-likeness (QED) is 0.787. The molecule has 1 aromatic heterocycles. The molecule has 0 unspecified atom stereocenters. The number of ether oxygens (including phenoxy) is 2. The van der Waals surface area contributed by atoms with E-state index in [1.165, 1.54) is 0 Å². The van der Waals surface area contributed by atoms with E-state index < -0.39 is 0 Å². The summed E-state index contributed by atoms with van der Waals surface area (Å²) in [6, 6.07) is 6.08. The molecule has 0 spiro atoms. The molecule has 1 N–H and O–H groups in total. The third-order valence-corrected chi connectivity index (χ3v) is 4.94. The maximum Gasteiger partial charge on any atom is 0.224 e. The first-order valence-electron chi connectivity index (χ1n) is 8.70. The van der Waals surface area contributed by atoms with Crippen LogP contribution in [-0.2, 0) is 20.8 Å². The number of pyridine rings is 1. The number of rotatable bonds is 6. The normalized spacial score (nSPS) is 27.0. The van der Waals surface area contributed by atoms with Gasteiger partial charge < -0.3 is 14.8 Å². The van der Waals surface area contributed by atoms with E-state index in [2.05, 4.69) is 15.2 Å². The average molecular weight is 333 g/mol. The van der Waals surface area contributed by atoms with Crippen molar-refractivity contribution >= 4 is 5.91 Å². The van der Waals surface area contributed by atoms with E-state index >= 15 is 0 Å². The van der Waals surface area contributed by atoms with Crippen molar-refractivity contribution in [3.8, 4) is 0 Å². The van der Waals surface area contributed by atoms with Gasteiger partial charge >= 0.3 is 0 Å². The Kier molecular flexibility index (Phi) is 5.81. The predicted octanol–water partition coefficient (Wildman–Crippen LogP) is 0.990. The van der Waals surface area contributed by atoms with Gasteiger partial charge in [0.1, 0.15) is 0 Å². The second kappa shape index (κ2) is 8.05. The number of hydrogen-bond donors (Lipinski definition) is 1. The summed E-state index contributed by atoms with van der Waals surface area (Å²) in [6.45, 7) is 6.26. The maximum absolute atomic E-state index is 12.6. The number of hydrogen-bond acceptors (Lipinski definition) is 5. The topological polar surface area (TPSA) is 63.7 Å². The molecule has 0 saturated carbocycles. The highest BCUT2D eigenvalue weighted by atomic mass is 16.5. The van der Waals surface area contributed by atoms with Gasteiger partial charge in [0.2, 0.25) is 5.91 Å². The molecule has 132 valence electrons. The van der Waals surface area contributed by atoms with Crippen LogP contribution in [0.4, 0.5) is 0 Å². The highest BCUT2D eigenvalue weighted by molar-refractivity contribution is 5.79. The van der Waals surface area contributed by atoms with Crippen molar-refractivity contribution in [2.75, 3.05) is 40.0 Å². The molecule has 1 amide bonds. The molecular weight excluding hydrogens is 306 g/mol. The fourth-order valence-electron chi connectivity index (χ4n) is 3.79. The molecular formula is C18H27N3O3. The van der Waals surface area contributed by atoms with Crippen LogP contribution in [0, 0.1) is 18.8 Å². The summed E-state index contributed by atoms with van der Waals surface area (Å²) in [7, 11) is 1.64.